The molecule has 2 aromatic carbocycles. The van der Waals surface area contributed by atoms with Crippen LogP contribution in [-0.2, 0) is 11.3 Å². The number of ether oxygens (including phenoxy) is 1. The van der Waals surface area contributed by atoms with Gasteiger partial charge in [0.1, 0.15) is 5.75 Å². The normalized spacial score (nSPS) is 13.3. The third kappa shape index (κ3) is 3.18. The Morgan fingerprint density at radius 1 is 0.958 bits per heavy atom. The monoisotopic (exact) mass is 323 g/mol. The van der Waals surface area contributed by atoms with Crippen LogP contribution in [-0.4, -0.2) is 18.3 Å². The van der Waals surface area contributed by atoms with Crippen molar-refractivity contribution >= 4 is 17.4 Å². The fourth-order valence-corrected chi connectivity index (χ4v) is 2.88. The van der Waals surface area contributed by atoms with Crippen LogP contribution in [0.4, 0.5) is 5.69 Å². The van der Waals surface area contributed by atoms with Crippen molar-refractivity contribution in [3.8, 4) is 5.75 Å². The fourth-order valence-electron chi connectivity index (χ4n) is 2.88. The summed E-state index contributed by atoms with van der Waals surface area (Å²) in [5.41, 5.74) is 2.06. The number of benzene rings is 2. The standard InChI is InChI=1S/C20H21NO3/c1-2-3-8-13-24-18-12-7-4-9-15(18)14-21-17-11-6-5-10-16(17)19(22)20(21)23/h4-7,9-12H,2-3,8,13-14H2,1H3. The Morgan fingerprint density at radius 2 is 1.71 bits per heavy atom. The smallest absolute Gasteiger partial charge is 0.299 e. The van der Waals surface area contributed by atoms with E-state index in [9.17, 15) is 9.59 Å². The van der Waals surface area contributed by atoms with E-state index in [0.29, 0.717) is 24.4 Å². The Morgan fingerprint density at radius 3 is 2.54 bits per heavy atom. The number of carbonyl (C=O) groups excluding carboxylic acids is 2. The average molecular weight is 323 g/mol. The number of amides is 1. The van der Waals surface area contributed by atoms with Gasteiger partial charge < -0.3 is 9.64 Å². The molecule has 24 heavy (non-hydrogen) atoms. The molecule has 2 aromatic rings. The molecule has 0 saturated carbocycles. The predicted molar refractivity (Wildman–Crippen MR) is 93.4 cm³/mol. The van der Waals surface area contributed by atoms with Crippen molar-refractivity contribution in [2.75, 3.05) is 11.5 Å². The first-order valence-electron chi connectivity index (χ1n) is 8.38. The molecule has 124 valence electrons. The number of hydrogen-bond acceptors (Lipinski definition) is 3. The number of fused-ring (bicyclic) bond motifs is 1. The number of nitrogens with zero attached hydrogens (tertiary/aromatic N) is 1. The number of ketones is 1. The van der Waals surface area contributed by atoms with E-state index in [1.54, 1.807) is 12.1 Å². The Balaban J connectivity index is 1.79. The molecular formula is C20H21NO3. The van der Waals surface area contributed by atoms with Crippen LogP contribution >= 0.6 is 0 Å². The van der Waals surface area contributed by atoms with Crippen LogP contribution in [0.1, 0.15) is 42.1 Å². The van der Waals surface area contributed by atoms with Crippen LogP contribution in [0.5, 0.6) is 5.75 Å². The van der Waals surface area contributed by atoms with Gasteiger partial charge in [-0.25, -0.2) is 0 Å². The molecule has 0 atom stereocenters. The molecule has 3 rings (SSSR count). The lowest BCUT2D eigenvalue weighted by molar-refractivity contribution is -0.114. The minimum atomic E-state index is -0.475. The van der Waals surface area contributed by atoms with Gasteiger partial charge in [0.15, 0.2) is 0 Å². The van der Waals surface area contributed by atoms with E-state index in [0.717, 1.165) is 30.6 Å². The maximum atomic E-state index is 12.3. The van der Waals surface area contributed by atoms with Gasteiger partial charge in [-0.15, -0.1) is 0 Å². The van der Waals surface area contributed by atoms with Gasteiger partial charge in [0, 0.05) is 5.56 Å². The van der Waals surface area contributed by atoms with Gasteiger partial charge >= 0.3 is 0 Å². The largest absolute Gasteiger partial charge is 0.493 e. The van der Waals surface area contributed by atoms with Crippen molar-refractivity contribution in [3.63, 3.8) is 0 Å². The molecule has 4 nitrogen and oxygen atoms in total. The molecule has 0 bridgehead atoms. The van der Waals surface area contributed by atoms with Crippen molar-refractivity contribution < 1.29 is 14.3 Å². The van der Waals surface area contributed by atoms with Crippen molar-refractivity contribution in [2.24, 2.45) is 0 Å². The van der Waals surface area contributed by atoms with Crippen molar-refractivity contribution in [3.05, 3.63) is 59.7 Å². The molecule has 0 spiro atoms. The highest BCUT2D eigenvalue weighted by Crippen LogP contribution is 2.31. The molecule has 0 radical (unpaired) electrons. The quantitative estimate of drug-likeness (QED) is 0.572. The fraction of sp³-hybridized carbons (Fsp3) is 0.300. The Kier molecular flexibility index (Phi) is 4.94. The molecule has 0 unspecified atom stereocenters. The van der Waals surface area contributed by atoms with E-state index in [1.165, 1.54) is 4.90 Å². The van der Waals surface area contributed by atoms with Gasteiger partial charge in [-0.2, -0.15) is 0 Å². The summed E-state index contributed by atoms with van der Waals surface area (Å²) < 4.78 is 5.88. The van der Waals surface area contributed by atoms with Crippen molar-refractivity contribution in [1.29, 1.82) is 0 Å². The Hall–Kier alpha value is -2.62. The summed E-state index contributed by atoms with van der Waals surface area (Å²) in [6.07, 6.45) is 3.29. The lowest BCUT2D eigenvalue weighted by Gasteiger charge is -2.19. The van der Waals surface area contributed by atoms with Gasteiger partial charge in [-0.05, 0) is 24.6 Å². The van der Waals surface area contributed by atoms with E-state index < -0.39 is 11.7 Å². The highest BCUT2D eigenvalue weighted by molar-refractivity contribution is 6.52. The number of carbonyl (C=O) groups is 2. The van der Waals surface area contributed by atoms with Crippen molar-refractivity contribution in [1.82, 2.24) is 0 Å². The lowest BCUT2D eigenvalue weighted by Crippen LogP contribution is -2.29. The number of rotatable bonds is 7. The van der Waals surface area contributed by atoms with Crippen molar-refractivity contribution in [2.45, 2.75) is 32.7 Å². The van der Waals surface area contributed by atoms with Gasteiger partial charge in [0.2, 0.25) is 0 Å². The summed E-state index contributed by atoms with van der Waals surface area (Å²) in [7, 11) is 0. The minimum Gasteiger partial charge on any atom is -0.493 e. The second kappa shape index (κ2) is 7.30. The summed E-state index contributed by atoms with van der Waals surface area (Å²) in [6, 6.07) is 14.8. The maximum absolute atomic E-state index is 12.3. The minimum absolute atomic E-state index is 0.339. The third-order valence-electron chi connectivity index (χ3n) is 4.19. The molecule has 1 aliphatic rings. The van der Waals surface area contributed by atoms with Gasteiger partial charge in [0.25, 0.3) is 11.7 Å². The second-order valence-electron chi connectivity index (χ2n) is 5.90. The Bertz CT molecular complexity index is 754. The molecule has 1 heterocycles. The highest BCUT2D eigenvalue weighted by atomic mass is 16.5. The van der Waals surface area contributed by atoms with E-state index in [-0.39, 0.29) is 0 Å². The van der Waals surface area contributed by atoms with E-state index >= 15 is 0 Å². The van der Waals surface area contributed by atoms with E-state index in [4.69, 9.17) is 4.74 Å². The first kappa shape index (κ1) is 16.2. The predicted octanol–water partition coefficient (Wildman–Crippen LogP) is 3.99. The SMILES string of the molecule is CCCCCOc1ccccc1CN1C(=O)C(=O)c2ccccc21. The summed E-state index contributed by atoms with van der Waals surface area (Å²) in [6.45, 7) is 3.15. The maximum Gasteiger partial charge on any atom is 0.299 e. The Labute approximate surface area is 142 Å². The van der Waals surface area contributed by atoms with E-state index in [2.05, 4.69) is 6.92 Å². The molecule has 0 saturated heterocycles. The zero-order chi connectivity index (χ0) is 16.9. The molecule has 1 amide bonds. The number of Topliss-reactive ketones (excluding diaryl/α,β-unsaturated/α-hetero) is 1. The van der Waals surface area contributed by atoms with Gasteiger partial charge in [0.05, 0.1) is 24.4 Å². The summed E-state index contributed by atoms with van der Waals surface area (Å²) in [4.78, 5) is 25.9. The topological polar surface area (TPSA) is 46.6 Å². The number of hydrogen-bond donors (Lipinski definition) is 0. The summed E-state index contributed by atoms with van der Waals surface area (Å²) in [5, 5.41) is 0. The molecule has 0 fully saturated rings. The number of unbranched alkanes of at least 4 members (excludes halogenated alkanes) is 2. The van der Waals surface area contributed by atoms with Crippen LogP contribution in [0.3, 0.4) is 0 Å². The first-order chi connectivity index (χ1) is 11.7. The zero-order valence-corrected chi connectivity index (χ0v) is 13.8. The molecule has 0 aliphatic carbocycles. The van der Waals surface area contributed by atoms with Gasteiger partial charge in [-0.3, -0.25) is 9.59 Å². The first-order valence-corrected chi connectivity index (χ1v) is 8.38. The second-order valence-corrected chi connectivity index (χ2v) is 5.90. The molecule has 1 aliphatic heterocycles. The number of anilines is 1. The summed E-state index contributed by atoms with van der Waals surface area (Å²) in [5.74, 6) is -0.137. The zero-order valence-electron chi connectivity index (χ0n) is 13.8. The molecule has 0 N–H and O–H groups in total. The van der Waals surface area contributed by atoms with Crippen LogP contribution in [0.2, 0.25) is 0 Å². The average Bonchev–Trinajstić information content (AvgIpc) is 2.85. The van der Waals surface area contributed by atoms with Crippen LogP contribution in [0, 0.1) is 0 Å². The summed E-state index contributed by atoms with van der Waals surface area (Å²) >= 11 is 0. The van der Waals surface area contributed by atoms with Crippen LogP contribution < -0.4 is 9.64 Å². The van der Waals surface area contributed by atoms with Crippen LogP contribution in [0.25, 0.3) is 0 Å². The molecule has 4 heteroatoms. The van der Waals surface area contributed by atoms with E-state index in [1.807, 2.05) is 36.4 Å². The number of para-hydroxylation sites is 2. The van der Waals surface area contributed by atoms with Crippen LogP contribution in [0.15, 0.2) is 48.5 Å². The van der Waals surface area contributed by atoms with Gasteiger partial charge in [-0.1, -0.05) is 50.1 Å². The highest BCUT2D eigenvalue weighted by Gasteiger charge is 2.35. The third-order valence-corrected chi connectivity index (χ3v) is 4.19. The lowest BCUT2D eigenvalue weighted by atomic mass is 10.1. The molecule has 0 aromatic heterocycles. The molecular weight excluding hydrogens is 302 g/mol.